The Morgan fingerprint density at radius 3 is 2.78 bits per heavy atom. The van der Waals surface area contributed by atoms with E-state index >= 15 is 0 Å². The number of nitrogens with zero attached hydrogens (tertiary/aromatic N) is 1. The molecule has 0 spiro atoms. The van der Waals surface area contributed by atoms with Crippen LogP contribution in [-0.2, 0) is 0 Å². The molecule has 2 N–H and O–H groups in total. The summed E-state index contributed by atoms with van der Waals surface area (Å²) in [5.41, 5.74) is 7.24. The first-order chi connectivity index (χ1) is 8.85. The Kier molecular flexibility index (Phi) is 5.21. The van der Waals surface area contributed by atoms with Gasteiger partial charge >= 0.3 is 0 Å². The zero-order chi connectivity index (χ0) is 12.8. The van der Waals surface area contributed by atoms with Crippen LogP contribution in [0.25, 0.3) is 0 Å². The predicted octanol–water partition coefficient (Wildman–Crippen LogP) is 3.20. The molecule has 0 saturated carbocycles. The number of likely N-dealkylation sites (tertiary alicyclic amines) is 1. The lowest BCUT2D eigenvalue weighted by atomic mass is 9.92. The summed E-state index contributed by atoms with van der Waals surface area (Å²) in [5.74, 6) is 0.878. The molecule has 1 aliphatic heterocycles. The van der Waals surface area contributed by atoms with Crippen LogP contribution in [0.2, 0.25) is 0 Å². The summed E-state index contributed by atoms with van der Waals surface area (Å²) in [4.78, 5) is 2.65. The minimum Gasteiger partial charge on any atom is -0.330 e. The van der Waals surface area contributed by atoms with E-state index < -0.39 is 0 Å². The van der Waals surface area contributed by atoms with Crippen molar-refractivity contribution in [2.24, 2.45) is 11.7 Å². The number of nitrogens with two attached hydrogens (primary N) is 1. The molecule has 1 aliphatic rings. The molecule has 1 aromatic rings. The highest BCUT2D eigenvalue weighted by atomic mass is 15.2. The summed E-state index contributed by atoms with van der Waals surface area (Å²) in [6.07, 6.45) is 5.12. The first-order valence-corrected chi connectivity index (χ1v) is 7.34. The Bertz CT molecular complexity index is 336. The summed E-state index contributed by atoms with van der Waals surface area (Å²) in [6, 6.07) is 11.4. The molecule has 0 bridgehead atoms. The van der Waals surface area contributed by atoms with Crippen molar-refractivity contribution in [3.05, 3.63) is 35.9 Å². The molecule has 2 nitrogen and oxygen atoms in total. The van der Waals surface area contributed by atoms with E-state index in [0.29, 0.717) is 6.04 Å². The highest BCUT2D eigenvalue weighted by Crippen LogP contribution is 2.29. The van der Waals surface area contributed by atoms with Crippen LogP contribution >= 0.6 is 0 Å². The molecule has 0 aliphatic carbocycles. The molecule has 18 heavy (non-hydrogen) atoms. The maximum atomic E-state index is 5.81. The molecular weight excluding hydrogens is 220 g/mol. The average Bonchev–Trinajstić information content (AvgIpc) is 2.46. The summed E-state index contributed by atoms with van der Waals surface area (Å²) in [6.45, 7) is 5.56. The van der Waals surface area contributed by atoms with Crippen molar-refractivity contribution < 1.29 is 0 Å². The van der Waals surface area contributed by atoms with Crippen molar-refractivity contribution in [1.82, 2.24) is 4.90 Å². The largest absolute Gasteiger partial charge is 0.330 e. The number of hydrogen-bond acceptors (Lipinski definition) is 2. The lowest BCUT2D eigenvalue weighted by Gasteiger charge is -2.38. The molecule has 2 heteroatoms. The summed E-state index contributed by atoms with van der Waals surface area (Å²) in [5, 5.41) is 0. The fraction of sp³-hybridized carbons (Fsp3) is 0.625. The van der Waals surface area contributed by atoms with Crippen LogP contribution < -0.4 is 5.73 Å². The van der Waals surface area contributed by atoms with Crippen molar-refractivity contribution in [3.63, 3.8) is 0 Å². The highest BCUT2D eigenvalue weighted by Gasteiger charge is 2.25. The second-order valence-electron chi connectivity index (χ2n) is 5.42. The Hall–Kier alpha value is -0.860. The zero-order valence-electron chi connectivity index (χ0n) is 11.5. The molecule has 1 heterocycles. The third-order valence-corrected chi connectivity index (χ3v) is 4.19. The number of benzene rings is 1. The number of rotatable bonds is 5. The van der Waals surface area contributed by atoms with Crippen LogP contribution in [0.3, 0.4) is 0 Å². The standard InChI is InChI=1S/C16H26N2/c1-2-14-7-6-12-18(13-14)16(10-11-17)15-8-4-3-5-9-15/h3-5,8-9,14,16H,2,6-7,10-13,17H2,1H3. The average molecular weight is 246 g/mol. The lowest BCUT2D eigenvalue weighted by Crippen LogP contribution is -2.38. The van der Waals surface area contributed by atoms with Crippen LogP contribution in [0.1, 0.15) is 44.2 Å². The summed E-state index contributed by atoms with van der Waals surface area (Å²) >= 11 is 0. The van der Waals surface area contributed by atoms with Crippen LogP contribution in [0, 0.1) is 5.92 Å². The SMILES string of the molecule is CCC1CCCN(C(CCN)c2ccccc2)C1. The molecule has 1 fully saturated rings. The Labute approximate surface area is 111 Å². The van der Waals surface area contributed by atoms with E-state index in [2.05, 4.69) is 42.2 Å². The van der Waals surface area contributed by atoms with E-state index in [-0.39, 0.29) is 0 Å². The Morgan fingerprint density at radius 1 is 1.33 bits per heavy atom. The lowest BCUT2D eigenvalue weighted by molar-refractivity contribution is 0.116. The molecule has 2 unspecified atom stereocenters. The van der Waals surface area contributed by atoms with Crippen LogP contribution in [-0.4, -0.2) is 24.5 Å². The summed E-state index contributed by atoms with van der Waals surface area (Å²) in [7, 11) is 0. The maximum absolute atomic E-state index is 5.81. The van der Waals surface area contributed by atoms with Gasteiger partial charge in [-0.1, -0.05) is 43.7 Å². The molecule has 0 radical (unpaired) electrons. The predicted molar refractivity (Wildman–Crippen MR) is 77.4 cm³/mol. The van der Waals surface area contributed by atoms with Gasteiger partial charge in [-0.3, -0.25) is 4.90 Å². The van der Waals surface area contributed by atoms with Gasteiger partial charge in [0, 0.05) is 12.6 Å². The van der Waals surface area contributed by atoms with Gasteiger partial charge in [-0.05, 0) is 43.8 Å². The first kappa shape index (κ1) is 13.6. The monoisotopic (exact) mass is 246 g/mol. The van der Waals surface area contributed by atoms with Crippen molar-refractivity contribution in [1.29, 1.82) is 0 Å². The van der Waals surface area contributed by atoms with E-state index in [1.165, 1.54) is 37.9 Å². The molecule has 2 rings (SSSR count). The highest BCUT2D eigenvalue weighted by molar-refractivity contribution is 5.19. The van der Waals surface area contributed by atoms with Gasteiger partial charge in [0.05, 0.1) is 0 Å². The van der Waals surface area contributed by atoms with Crippen LogP contribution in [0.15, 0.2) is 30.3 Å². The third-order valence-electron chi connectivity index (χ3n) is 4.19. The molecule has 1 saturated heterocycles. The van der Waals surface area contributed by atoms with Crippen molar-refractivity contribution in [2.45, 2.75) is 38.6 Å². The van der Waals surface area contributed by atoms with E-state index in [1.807, 2.05) is 0 Å². The van der Waals surface area contributed by atoms with Gasteiger partial charge in [-0.15, -0.1) is 0 Å². The van der Waals surface area contributed by atoms with Gasteiger partial charge in [0.1, 0.15) is 0 Å². The van der Waals surface area contributed by atoms with Crippen LogP contribution in [0.4, 0.5) is 0 Å². The van der Waals surface area contributed by atoms with Gasteiger partial charge < -0.3 is 5.73 Å². The molecule has 100 valence electrons. The summed E-state index contributed by atoms with van der Waals surface area (Å²) < 4.78 is 0. The molecule has 0 aromatic heterocycles. The molecule has 0 amide bonds. The fourth-order valence-electron chi connectivity index (χ4n) is 3.11. The third kappa shape index (κ3) is 3.33. The van der Waals surface area contributed by atoms with Gasteiger partial charge in [0.2, 0.25) is 0 Å². The maximum Gasteiger partial charge on any atom is 0.0360 e. The second kappa shape index (κ2) is 6.91. The normalized spacial score (nSPS) is 22.9. The zero-order valence-corrected chi connectivity index (χ0v) is 11.5. The van der Waals surface area contributed by atoms with Crippen molar-refractivity contribution in [2.75, 3.05) is 19.6 Å². The van der Waals surface area contributed by atoms with E-state index in [1.54, 1.807) is 0 Å². The van der Waals surface area contributed by atoms with Crippen molar-refractivity contribution in [3.8, 4) is 0 Å². The van der Waals surface area contributed by atoms with E-state index in [0.717, 1.165) is 18.9 Å². The quantitative estimate of drug-likeness (QED) is 0.864. The molecular formula is C16H26N2. The fourth-order valence-corrected chi connectivity index (χ4v) is 3.11. The van der Waals surface area contributed by atoms with Gasteiger partial charge in [0.25, 0.3) is 0 Å². The smallest absolute Gasteiger partial charge is 0.0360 e. The van der Waals surface area contributed by atoms with Crippen LogP contribution in [0.5, 0.6) is 0 Å². The molecule has 1 aromatic carbocycles. The number of piperidine rings is 1. The first-order valence-electron chi connectivity index (χ1n) is 7.34. The van der Waals surface area contributed by atoms with Crippen molar-refractivity contribution >= 4 is 0 Å². The van der Waals surface area contributed by atoms with E-state index in [4.69, 9.17) is 5.73 Å². The topological polar surface area (TPSA) is 29.3 Å². The minimum absolute atomic E-state index is 0.519. The minimum atomic E-state index is 0.519. The Balaban J connectivity index is 2.09. The number of hydrogen-bond donors (Lipinski definition) is 1. The van der Waals surface area contributed by atoms with Gasteiger partial charge in [0.15, 0.2) is 0 Å². The van der Waals surface area contributed by atoms with E-state index in [9.17, 15) is 0 Å². The molecule has 2 atom stereocenters. The Morgan fingerprint density at radius 2 is 2.11 bits per heavy atom. The second-order valence-corrected chi connectivity index (χ2v) is 5.42. The van der Waals surface area contributed by atoms with Gasteiger partial charge in [-0.25, -0.2) is 0 Å². The van der Waals surface area contributed by atoms with Gasteiger partial charge in [-0.2, -0.15) is 0 Å².